The molecule has 0 unspecified atom stereocenters. The summed E-state index contributed by atoms with van der Waals surface area (Å²) in [7, 11) is 0. The smallest absolute Gasteiger partial charge is 0.322 e. The third kappa shape index (κ3) is 2.59. The normalized spacial score (nSPS) is 21.3. The van der Waals surface area contributed by atoms with Crippen LogP contribution in [0.3, 0.4) is 0 Å². The molecular formula is C17H23N3O. The maximum absolute atomic E-state index is 12.4. The lowest BCUT2D eigenvalue weighted by Gasteiger charge is -2.31. The van der Waals surface area contributed by atoms with Crippen LogP contribution in [-0.2, 0) is 6.42 Å². The zero-order valence-electron chi connectivity index (χ0n) is 12.5. The molecule has 2 amide bonds. The summed E-state index contributed by atoms with van der Waals surface area (Å²) in [6, 6.07) is 7.19. The van der Waals surface area contributed by atoms with Crippen molar-refractivity contribution >= 4 is 17.4 Å². The number of fused-ring (bicyclic) bond motifs is 1. The highest BCUT2D eigenvalue weighted by atomic mass is 16.2. The standard InChI is InChI=1S/C17H23N3O/c21-17(18-14-6-7-14)20-11-3-4-13-5-8-15(12-16(13)20)19-9-1-2-10-19/h5,8,12,14H,1-4,6-7,9-11H2,(H,18,21). The molecule has 4 heteroatoms. The Labute approximate surface area is 126 Å². The van der Waals surface area contributed by atoms with Gasteiger partial charge in [-0.2, -0.15) is 0 Å². The minimum Gasteiger partial charge on any atom is -0.371 e. The molecule has 0 bridgehead atoms. The lowest BCUT2D eigenvalue weighted by Crippen LogP contribution is -2.43. The average molecular weight is 285 g/mol. The molecule has 2 aliphatic heterocycles. The van der Waals surface area contributed by atoms with Crippen LogP contribution < -0.4 is 15.1 Å². The Morgan fingerprint density at radius 1 is 1.10 bits per heavy atom. The predicted molar refractivity (Wildman–Crippen MR) is 85.1 cm³/mol. The molecule has 1 aromatic rings. The van der Waals surface area contributed by atoms with Gasteiger partial charge in [0.05, 0.1) is 5.69 Å². The fourth-order valence-corrected chi connectivity index (χ4v) is 3.43. The van der Waals surface area contributed by atoms with Gasteiger partial charge in [0.1, 0.15) is 0 Å². The van der Waals surface area contributed by atoms with Crippen LogP contribution in [0.1, 0.15) is 37.7 Å². The first-order valence-electron chi connectivity index (χ1n) is 8.27. The molecule has 112 valence electrons. The fraction of sp³-hybridized carbons (Fsp3) is 0.588. The van der Waals surface area contributed by atoms with E-state index in [1.54, 1.807) is 0 Å². The van der Waals surface area contributed by atoms with Crippen LogP contribution in [0.25, 0.3) is 0 Å². The van der Waals surface area contributed by atoms with E-state index in [9.17, 15) is 4.79 Å². The quantitative estimate of drug-likeness (QED) is 0.907. The molecular weight excluding hydrogens is 262 g/mol. The number of nitrogens with zero attached hydrogens (tertiary/aromatic N) is 2. The minimum absolute atomic E-state index is 0.0945. The molecule has 1 aliphatic carbocycles. The number of hydrogen-bond donors (Lipinski definition) is 1. The van der Waals surface area contributed by atoms with Crippen LogP contribution in [0, 0.1) is 0 Å². The van der Waals surface area contributed by atoms with Gasteiger partial charge in [-0.25, -0.2) is 4.79 Å². The lowest BCUT2D eigenvalue weighted by molar-refractivity contribution is 0.245. The van der Waals surface area contributed by atoms with Crippen molar-refractivity contribution in [2.45, 2.75) is 44.6 Å². The third-order valence-corrected chi connectivity index (χ3v) is 4.81. The van der Waals surface area contributed by atoms with Crippen molar-refractivity contribution < 1.29 is 4.79 Å². The van der Waals surface area contributed by atoms with E-state index in [-0.39, 0.29) is 6.03 Å². The van der Waals surface area contributed by atoms with Gasteiger partial charge in [-0.05, 0) is 56.2 Å². The Balaban J connectivity index is 1.61. The molecule has 2 heterocycles. The molecule has 1 saturated carbocycles. The first-order chi connectivity index (χ1) is 10.3. The molecule has 1 aromatic carbocycles. The maximum atomic E-state index is 12.4. The predicted octanol–water partition coefficient (Wildman–Crippen LogP) is 2.91. The number of hydrogen-bond acceptors (Lipinski definition) is 2. The summed E-state index contributed by atoms with van der Waals surface area (Å²) in [6.45, 7) is 3.13. The highest BCUT2D eigenvalue weighted by molar-refractivity contribution is 5.94. The summed E-state index contributed by atoms with van der Waals surface area (Å²) in [5.41, 5.74) is 3.72. The molecule has 0 radical (unpaired) electrons. The average Bonchev–Trinajstić information content (AvgIpc) is 3.16. The van der Waals surface area contributed by atoms with Crippen molar-refractivity contribution in [2.24, 2.45) is 0 Å². The van der Waals surface area contributed by atoms with Gasteiger partial charge in [0.15, 0.2) is 0 Å². The van der Waals surface area contributed by atoms with Gasteiger partial charge in [0.2, 0.25) is 0 Å². The van der Waals surface area contributed by atoms with Crippen LogP contribution >= 0.6 is 0 Å². The van der Waals surface area contributed by atoms with Crippen molar-refractivity contribution in [3.05, 3.63) is 23.8 Å². The molecule has 0 spiro atoms. The van der Waals surface area contributed by atoms with Crippen LogP contribution in [0.5, 0.6) is 0 Å². The summed E-state index contributed by atoms with van der Waals surface area (Å²) >= 11 is 0. The van der Waals surface area contributed by atoms with Crippen molar-refractivity contribution in [1.82, 2.24) is 5.32 Å². The number of nitrogens with one attached hydrogen (secondary N) is 1. The minimum atomic E-state index is 0.0945. The summed E-state index contributed by atoms with van der Waals surface area (Å²) < 4.78 is 0. The summed E-state index contributed by atoms with van der Waals surface area (Å²) in [5.74, 6) is 0. The number of benzene rings is 1. The Kier molecular flexibility index (Phi) is 3.24. The molecule has 3 aliphatic rings. The van der Waals surface area contributed by atoms with Gasteiger partial charge < -0.3 is 10.2 Å². The third-order valence-electron chi connectivity index (χ3n) is 4.81. The van der Waals surface area contributed by atoms with E-state index < -0.39 is 0 Å². The van der Waals surface area contributed by atoms with Crippen LogP contribution in [0.15, 0.2) is 18.2 Å². The van der Waals surface area contributed by atoms with Gasteiger partial charge in [0, 0.05) is 31.4 Å². The van der Waals surface area contributed by atoms with E-state index in [4.69, 9.17) is 0 Å². The van der Waals surface area contributed by atoms with Crippen molar-refractivity contribution in [2.75, 3.05) is 29.4 Å². The van der Waals surface area contributed by atoms with Crippen molar-refractivity contribution in [3.63, 3.8) is 0 Å². The van der Waals surface area contributed by atoms with E-state index in [1.165, 1.54) is 24.1 Å². The summed E-state index contributed by atoms with van der Waals surface area (Å²) in [5, 5.41) is 3.13. The van der Waals surface area contributed by atoms with Crippen molar-refractivity contribution in [3.8, 4) is 0 Å². The number of urea groups is 1. The molecule has 0 aromatic heterocycles. The fourth-order valence-electron chi connectivity index (χ4n) is 3.43. The summed E-state index contributed by atoms with van der Waals surface area (Å²) in [6.07, 6.45) is 6.99. The van der Waals surface area contributed by atoms with E-state index in [0.29, 0.717) is 6.04 Å². The first kappa shape index (κ1) is 13.0. The van der Waals surface area contributed by atoms with Crippen LogP contribution in [-0.4, -0.2) is 31.7 Å². The molecule has 0 atom stereocenters. The Morgan fingerprint density at radius 2 is 1.90 bits per heavy atom. The second-order valence-electron chi connectivity index (χ2n) is 6.49. The molecule has 21 heavy (non-hydrogen) atoms. The number of carbonyl (C=O) groups excluding carboxylic acids is 1. The lowest BCUT2D eigenvalue weighted by atomic mass is 10.0. The van der Waals surface area contributed by atoms with Gasteiger partial charge in [-0.3, -0.25) is 4.90 Å². The van der Waals surface area contributed by atoms with Crippen molar-refractivity contribution in [1.29, 1.82) is 0 Å². The Morgan fingerprint density at radius 3 is 2.67 bits per heavy atom. The topological polar surface area (TPSA) is 35.6 Å². The van der Waals surface area contributed by atoms with Gasteiger partial charge in [-0.15, -0.1) is 0 Å². The summed E-state index contributed by atoms with van der Waals surface area (Å²) in [4.78, 5) is 16.8. The van der Waals surface area contributed by atoms with E-state index in [1.807, 2.05) is 4.90 Å². The van der Waals surface area contributed by atoms with Crippen LogP contribution in [0.4, 0.5) is 16.2 Å². The second kappa shape index (κ2) is 5.24. The SMILES string of the molecule is O=C(NC1CC1)N1CCCc2ccc(N3CCCC3)cc21. The Hall–Kier alpha value is -1.71. The zero-order valence-corrected chi connectivity index (χ0v) is 12.5. The van der Waals surface area contributed by atoms with Gasteiger partial charge >= 0.3 is 6.03 Å². The number of aryl methyl sites for hydroxylation is 1. The Bertz CT molecular complexity index is 547. The first-order valence-corrected chi connectivity index (χ1v) is 8.27. The number of amides is 2. The zero-order chi connectivity index (χ0) is 14.2. The van der Waals surface area contributed by atoms with Crippen LogP contribution in [0.2, 0.25) is 0 Å². The van der Waals surface area contributed by atoms with Gasteiger partial charge in [0.25, 0.3) is 0 Å². The molecule has 1 N–H and O–H groups in total. The highest BCUT2D eigenvalue weighted by Gasteiger charge is 2.29. The number of anilines is 2. The van der Waals surface area contributed by atoms with Gasteiger partial charge in [-0.1, -0.05) is 6.07 Å². The van der Waals surface area contributed by atoms with E-state index >= 15 is 0 Å². The molecule has 4 nitrogen and oxygen atoms in total. The molecule has 1 saturated heterocycles. The largest absolute Gasteiger partial charge is 0.371 e. The maximum Gasteiger partial charge on any atom is 0.322 e. The van der Waals surface area contributed by atoms with E-state index in [2.05, 4.69) is 28.4 Å². The monoisotopic (exact) mass is 285 g/mol. The van der Waals surface area contributed by atoms with E-state index in [0.717, 1.165) is 51.0 Å². The number of carbonyl (C=O) groups is 1. The number of rotatable bonds is 2. The molecule has 2 fully saturated rings. The second-order valence-corrected chi connectivity index (χ2v) is 6.49. The molecule has 4 rings (SSSR count). The highest BCUT2D eigenvalue weighted by Crippen LogP contribution is 2.33.